The number of carbonyl (C=O) groups is 1. The number of fused-ring (bicyclic) bond motifs is 1. The monoisotopic (exact) mass is 299 g/mol. The van der Waals surface area contributed by atoms with Gasteiger partial charge in [0.05, 0.1) is 0 Å². The van der Waals surface area contributed by atoms with Crippen molar-refractivity contribution in [3.8, 4) is 0 Å². The minimum atomic E-state index is -0.0491. The lowest BCUT2D eigenvalue weighted by molar-refractivity contribution is -0.110. The molecular weight excluding hydrogens is 290 g/mol. The summed E-state index contributed by atoms with van der Waals surface area (Å²) < 4.78 is 0.981. The van der Waals surface area contributed by atoms with E-state index in [0.717, 1.165) is 21.3 Å². The Labute approximate surface area is 113 Å². The van der Waals surface area contributed by atoms with Crippen molar-refractivity contribution in [2.24, 2.45) is 0 Å². The molecule has 2 nitrogen and oxygen atoms in total. The molecule has 0 unspecified atom stereocenters. The number of carbonyl (C=O) groups excluding carboxylic acids is 1. The fourth-order valence-corrected chi connectivity index (χ4v) is 2.43. The van der Waals surface area contributed by atoms with Crippen LogP contribution in [0.15, 0.2) is 53.0 Å². The number of hydrogen-bond acceptors (Lipinski definition) is 1. The summed E-state index contributed by atoms with van der Waals surface area (Å²) in [4.78, 5) is 12.0. The van der Waals surface area contributed by atoms with E-state index in [1.807, 2.05) is 54.6 Å². The Kier molecular flexibility index (Phi) is 2.76. The fraction of sp³-hybridized carbons (Fsp3) is 0. The molecule has 2 aromatic carbocycles. The van der Waals surface area contributed by atoms with Gasteiger partial charge in [0.2, 0.25) is 0 Å². The largest absolute Gasteiger partial charge is 0.321 e. The van der Waals surface area contributed by atoms with Gasteiger partial charge in [-0.05, 0) is 23.8 Å². The first-order valence-electron chi connectivity index (χ1n) is 5.63. The molecule has 0 saturated heterocycles. The van der Waals surface area contributed by atoms with Crippen molar-refractivity contribution in [2.75, 3.05) is 5.32 Å². The summed E-state index contributed by atoms with van der Waals surface area (Å²) in [6.45, 7) is 0. The van der Waals surface area contributed by atoms with E-state index in [9.17, 15) is 4.79 Å². The third kappa shape index (κ3) is 1.87. The molecule has 1 aliphatic heterocycles. The quantitative estimate of drug-likeness (QED) is 0.794. The first-order valence-corrected chi connectivity index (χ1v) is 6.42. The number of rotatable bonds is 1. The van der Waals surface area contributed by atoms with Crippen LogP contribution in [0.2, 0.25) is 0 Å². The Morgan fingerprint density at radius 3 is 2.56 bits per heavy atom. The molecule has 1 amide bonds. The highest BCUT2D eigenvalue weighted by molar-refractivity contribution is 9.10. The number of anilines is 1. The van der Waals surface area contributed by atoms with Gasteiger partial charge in [-0.3, -0.25) is 4.79 Å². The lowest BCUT2D eigenvalue weighted by Crippen LogP contribution is -2.03. The minimum absolute atomic E-state index is 0.0491. The normalized spacial score (nSPS) is 15.6. The predicted octanol–water partition coefficient (Wildman–Crippen LogP) is 3.94. The number of nitrogens with one attached hydrogen (secondary N) is 1. The molecule has 1 aliphatic rings. The van der Waals surface area contributed by atoms with Crippen LogP contribution in [0, 0.1) is 0 Å². The van der Waals surface area contributed by atoms with E-state index in [1.165, 1.54) is 0 Å². The summed E-state index contributed by atoms with van der Waals surface area (Å²) in [5.41, 5.74) is 3.54. The van der Waals surface area contributed by atoms with E-state index in [0.29, 0.717) is 5.57 Å². The number of halogens is 1. The second-order valence-corrected chi connectivity index (χ2v) is 4.93. The zero-order valence-corrected chi connectivity index (χ0v) is 11.1. The van der Waals surface area contributed by atoms with Crippen LogP contribution < -0.4 is 5.32 Å². The zero-order chi connectivity index (χ0) is 12.5. The van der Waals surface area contributed by atoms with Crippen LogP contribution in [0.5, 0.6) is 0 Å². The van der Waals surface area contributed by atoms with E-state index < -0.39 is 0 Å². The van der Waals surface area contributed by atoms with E-state index >= 15 is 0 Å². The van der Waals surface area contributed by atoms with Gasteiger partial charge in [-0.2, -0.15) is 0 Å². The van der Waals surface area contributed by atoms with Crippen molar-refractivity contribution in [3.63, 3.8) is 0 Å². The Morgan fingerprint density at radius 2 is 1.72 bits per heavy atom. The highest BCUT2D eigenvalue weighted by Crippen LogP contribution is 2.33. The van der Waals surface area contributed by atoms with Gasteiger partial charge < -0.3 is 5.32 Å². The molecule has 0 radical (unpaired) electrons. The molecule has 0 bridgehead atoms. The van der Waals surface area contributed by atoms with Crippen LogP contribution in [-0.2, 0) is 4.79 Å². The van der Waals surface area contributed by atoms with Gasteiger partial charge in [-0.25, -0.2) is 0 Å². The SMILES string of the molecule is O=C1Nc2ccccc2/C1=C\c1ccccc1Br. The van der Waals surface area contributed by atoms with E-state index in [1.54, 1.807) is 0 Å². The predicted molar refractivity (Wildman–Crippen MR) is 77.1 cm³/mol. The molecule has 0 aromatic heterocycles. The van der Waals surface area contributed by atoms with E-state index in [-0.39, 0.29) is 5.91 Å². The summed E-state index contributed by atoms with van der Waals surface area (Å²) in [5, 5.41) is 2.86. The van der Waals surface area contributed by atoms with Gasteiger partial charge in [0.15, 0.2) is 0 Å². The van der Waals surface area contributed by atoms with E-state index in [2.05, 4.69) is 21.2 Å². The highest BCUT2D eigenvalue weighted by atomic mass is 79.9. The molecule has 0 fully saturated rings. The maximum absolute atomic E-state index is 12.0. The molecule has 0 spiro atoms. The van der Waals surface area contributed by atoms with Crippen molar-refractivity contribution < 1.29 is 4.79 Å². The van der Waals surface area contributed by atoms with Gasteiger partial charge in [0.1, 0.15) is 0 Å². The minimum Gasteiger partial charge on any atom is -0.321 e. The highest BCUT2D eigenvalue weighted by Gasteiger charge is 2.23. The first-order chi connectivity index (χ1) is 8.75. The molecule has 18 heavy (non-hydrogen) atoms. The topological polar surface area (TPSA) is 29.1 Å². The molecule has 88 valence electrons. The molecule has 3 rings (SSSR count). The molecule has 1 heterocycles. The van der Waals surface area contributed by atoms with Crippen molar-refractivity contribution in [1.82, 2.24) is 0 Å². The summed E-state index contributed by atoms with van der Waals surface area (Å²) in [6, 6.07) is 15.6. The zero-order valence-electron chi connectivity index (χ0n) is 9.48. The van der Waals surface area contributed by atoms with Crippen molar-refractivity contribution in [3.05, 3.63) is 64.1 Å². The Bertz CT molecular complexity index is 661. The third-order valence-electron chi connectivity index (χ3n) is 2.92. The third-order valence-corrected chi connectivity index (χ3v) is 3.64. The molecule has 2 aromatic rings. The summed E-state index contributed by atoms with van der Waals surface area (Å²) >= 11 is 3.49. The molecule has 3 heteroatoms. The molecule has 0 saturated carbocycles. The van der Waals surface area contributed by atoms with Gasteiger partial charge in [-0.1, -0.05) is 52.3 Å². The van der Waals surface area contributed by atoms with Crippen molar-refractivity contribution >= 4 is 39.2 Å². The van der Waals surface area contributed by atoms with Crippen molar-refractivity contribution in [1.29, 1.82) is 0 Å². The maximum atomic E-state index is 12.0. The van der Waals surface area contributed by atoms with Crippen molar-refractivity contribution in [2.45, 2.75) is 0 Å². The van der Waals surface area contributed by atoms with Crippen LogP contribution in [0.4, 0.5) is 5.69 Å². The van der Waals surface area contributed by atoms with Crippen LogP contribution in [-0.4, -0.2) is 5.91 Å². The van der Waals surface area contributed by atoms with E-state index in [4.69, 9.17) is 0 Å². The molecular formula is C15H10BrNO. The number of amides is 1. The Balaban J connectivity index is 2.13. The average Bonchev–Trinajstić information content (AvgIpc) is 2.69. The van der Waals surface area contributed by atoms with Crippen LogP contribution in [0.3, 0.4) is 0 Å². The summed E-state index contributed by atoms with van der Waals surface area (Å²) in [7, 11) is 0. The van der Waals surface area contributed by atoms with Crippen LogP contribution >= 0.6 is 15.9 Å². The van der Waals surface area contributed by atoms with Crippen LogP contribution in [0.25, 0.3) is 11.6 Å². The van der Waals surface area contributed by atoms with Gasteiger partial charge >= 0.3 is 0 Å². The molecule has 0 aliphatic carbocycles. The Morgan fingerprint density at radius 1 is 1.00 bits per heavy atom. The summed E-state index contributed by atoms with van der Waals surface area (Å²) in [5.74, 6) is -0.0491. The van der Waals surface area contributed by atoms with Gasteiger partial charge in [0.25, 0.3) is 5.91 Å². The van der Waals surface area contributed by atoms with Crippen LogP contribution in [0.1, 0.15) is 11.1 Å². The average molecular weight is 300 g/mol. The maximum Gasteiger partial charge on any atom is 0.256 e. The lowest BCUT2D eigenvalue weighted by atomic mass is 10.0. The fourth-order valence-electron chi connectivity index (χ4n) is 2.03. The molecule has 0 atom stereocenters. The number of benzene rings is 2. The number of para-hydroxylation sites is 1. The lowest BCUT2D eigenvalue weighted by Gasteiger charge is -2.00. The number of hydrogen-bond donors (Lipinski definition) is 1. The second kappa shape index (κ2) is 4.42. The second-order valence-electron chi connectivity index (χ2n) is 4.08. The first kappa shape index (κ1) is 11.2. The smallest absolute Gasteiger partial charge is 0.256 e. The Hall–Kier alpha value is -1.87. The molecule has 1 N–H and O–H groups in total. The standard InChI is InChI=1S/C15H10BrNO/c16-13-7-3-1-5-10(13)9-12-11-6-2-4-8-14(11)17-15(12)18/h1-9H,(H,17,18)/b12-9+. The summed E-state index contributed by atoms with van der Waals surface area (Å²) in [6.07, 6.45) is 1.91. The van der Waals surface area contributed by atoms with Gasteiger partial charge in [-0.15, -0.1) is 0 Å². The van der Waals surface area contributed by atoms with Gasteiger partial charge in [0, 0.05) is 21.3 Å².